The average Bonchev–Trinajstić information content (AvgIpc) is 2.58. The van der Waals surface area contributed by atoms with Gasteiger partial charge in [-0.05, 0) is 65.2 Å². The summed E-state index contributed by atoms with van der Waals surface area (Å²) >= 11 is 3.38. The van der Waals surface area contributed by atoms with Gasteiger partial charge in [-0.15, -0.1) is 0 Å². The highest BCUT2D eigenvalue weighted by molar-refractivity contribution is 9.10. The van der Waals surface area contributed by atoms with Crippen molar-refractivity contribution in [2.75, 3.05) is 4.72 Å². The quantitative estimate of drug-likeness (QED) is 0.656. The Labute approximate surface area is 159 Å². The van der Waals surface area contributed by atoms with Crippen LogP contribution in [0.2, 0.25) is 0 Å². The van der Waals surface area contributed by atoms with E-state index in [9.17, 15) is 13.2 Å². The monoisotopic (exact) mass is 433 g/mol. The van der Waals surface area contributed by atoms with Gasteiger partial charge in [0.2, 0.25) is 0 Å². The number of halogens is 1. The second-order valence-corrected chi connectivity index (χ2v) is 8.38. The zero-order valence-corrected chi connectivity index (χ0v) is 16.5. The van der Waals surface area contributed by atoms with E-state index in [0.717, 1.165) is 5.56 Å². The highest BCUT2D eigenvalue weighted by Crippen LogP contribution is 2.28. The minimum atomic E-state index is -3.80. The van der Waals surface area contributed by atoms with Gasteiger partial charge in [0.1, 0.15) is 0 Å². The maximum atomic E-state index is 12.9. The summed E-state index contributed by atoms with van der Waals surface area (Å²) in [4.78, 5) is 11.3. The maximum Gasteiger partial charge on any atom is 0.264 e. The van der Waals surface area contributed by atoms with Crippen LogP contribution < -0.4 is 10.3 Å². The number of nitrogens with zero attached hydrogens (tertiary/aromatic N) is 1. The van der Waals surface area contributed by atoms with E-state index in [0.29, 0.717) is 27.0 Å². The third kappa shape index (κ3) is 3.86. The molecular weight excluding hydrogens is 418 g/mol. The first-order chi connectivity index (χ1) is 12.3. The molecular formula is C18H16BrN3O3S. The SMILES string of the molecule is Cc1ccc(NS(=O)(=O)c2cc(-c3ccc(=O)[nH]n3)ccc2C)c(Br)c1. The predicted octanol–water partition coefficient (Wildman–Crippen LogP) is 3.62. The van der Waals surface area contributed by atoms with Crippen molar-refractivity contribution in [2.24, 2.45) is 0 Å². The molecule has 1 heterocycles. The van der Waals surface area contributed by atoms with Crippen molar-refractivity contribution in [3.05, 3.63) is 74.5 Å². The minimum Gasteiger partial charge on any atom is -0.278 e. The first-order valence-corrected chi connectivity index (χ1v) is 9.99. The molecule has 0 aliphatic rings. The van der Waals surface area contributed by atoms with Gasteiger partial charge < -0.3 is 0 Å². The van der Waals surface area contributed by atoms with E-state index in [1.54, 1.807) is 37.3 Å². The summed E-state index contributed by atoms with van der Waals surface area (Å²) in [5.41, 5.74) is 2.84. The van der Waals surface area contributed by atoms with Crippen LogP contribution in [-0.2, 0) is 10.0 Å². The highest BCUT2D eigenvalue weighted by Gasteiger charge is 2.19. The second-order valence-electron chi connectivity index (χ2n) is 5.88. The summed E-state index contributed by atoms with van der Waals surface area (Å²) in [6.45, 7) is 3.65. The molecule has 0 saturated heterocycles. The summed E-state index contributed by atoms with van der Waals surface area (Å²) in [5, 5.41) is 6.30. The van der Waals surface area contributed by atoms with E-state index in [-0.39, 0.29) is 10.5 Å². The van der Waals surface area contributed by atoms with Crippen LogP contribution >= 0.6 is 15.9 Å². The molecule has 0 aliphatic heterocycles. The number of hydrogen-bond donors (Lipinski definition) is 2. The van der Waals surface area contributed by atoms with Crippen LogP contribution in [0.25, 0.3) is 11.3 Å². The second kappa shape index (κ2) is 7.05. The van der Waals surface area contributed by atoms with E-state index in [1.807, 2.05) is 19.1 Å². The van der Waals surface area contributed by atoms with E-state index >= 15 is 0 Å². The lowest BCUT2D eigenvalue weighted by atomic mass is 10.1. The number of nitrogens with one attached hydrogen (secondary N) is 2. The van der Waals surface area contributed by atoms with Crippen molar-refractivity contribution in [1.82, 2.24) is 10.2 Å². The van der Waals surface area contributed by atoms with Gasteiger partial charge in [-0.25, -0.2) is 13.5 Å². The number of aryl methyl sites for hydroxylation is 2. The lowest BCUT2D eigenvalue weighted by molar-refractivity contribution is 0.600. The molecule has 0 radical (unpaired) electrons. The van der Waals surface area contributed by atoms with E-state index in [2.05, 4.69) is 30.8 Å². The summed E-state index contributed by atoms with van der Waals surface area (Å²) in [6.07, 6.45) is 0. The van der Waals surface area contributed by atoms with Gasteiger partial charge in [0, 0.05) is 16.1 Å². The van der Waals surface area contributed by atoms with Crippen LogP contribution in [0.3, 0.4) is 0 Å². The summed E-state index contributed by atoms with van der Waals surface area (Å²) in [6, 6.07) is 13.3. The highest BCUT2D eigenvalue weighted by atomic mass is 79.9. The molecule has 1 aromatic heterocycles. The molecule has 3 rings (SSSR count). The lowest BCUT2D eigenvalue weighted by Gasteiger charge is -2.13. The van der Waals surface area contributed by atoms with E-state index in [1.165, 1.54) is 6.07 Å². The zero-order chi connectivity index (χ0) is 18.9. The molecule has 26 heavy (non-hydrogen) atoms. The summed E-state index contributed by atoms with van der Waals surface area (Å²) < 4.78 is 29.0. The standard InChI is InChI=1S/C18H16BrN3O3S/c1-11-3-6-16(14(19)9-11)22-26(24,25)17-10-13(5-4-12(17)2)15-7-8-18(23)21-20-15/h3-10,22H,1-2H3,(H,21,23). The number of sulfonamides is 1. The normalized spacial score (nSPS) is 11.3. The van der Waals surface area contributed by atoms with Crippen LogP contribution in [0.5, 0.6) is 0 Å². The molecule has 0 saturated carbocycles. The average molecular weight is 434 g/mol. The van der Waals surface area contributed by atoms with Crippen molar-refractivity contribution >= 4 is 31.6 Å². The topological polar surface area (TPSA) is 91.9 Å². The number of aromatic amines is 1. The van der Waals surface area contributed by atoms with Gasteiger partial charge in [0.15, 0.2) is 0 Å². The summed E-state index contributed by atoms with van der Waals surface area (Å²) in [7, 11) is -3.80. The van der Waals surface area contributed by atoms with E-state index < -0.39 is 10.0 Å². The first kappa shape index (κ1) is 18.3. The zero-order valence-electron chi connectivity index (χ0n) is 14.1. The Morgan fingerprint density at radius 2 is 1.81 bits per heavy atom. The largest absolute Gasteiger partial charge is 0.278 e. The first-order valence-electron chi connectivity index (χ1n) is 7.72. The number of aromatic nitrogens is 2. The minimum absolute atomic E-state index is 0.149. The fourth-order valence-electron chi connectivity index (χ4n) is 2.46. The predicted molar refractivity (Wildman–Crippen MR) is 105 cm³/mol. The van der Waals surface area contributed by atoms with Gasteiger partial charge in [-0.1, -0.05) is 18.2 Å². The Morgan fingerprint density at radius 1 is 1.04 bits per heavy atom. The van der Waals surface area contributed by atoms with Crippen molar-refractivity contribution in [1.29, 1.82) is 0 Å². The Morgan fingerprint density at radius 3 is 2.46 bits per heavy atom. The Hall–Kier alpha value is -2.45. The van der Waals surface area contributed by atoms with Gasteiger partial charge in [0.05, 0.1) is 16.3 Å². The molecule has 0 unspecified atom stereocenters. The molecule has 2 N–H and O–H groups in total. The molecule has 134 valence electrons. The number of anilines is 1. The molecule has 8 heteroatoms. The Kier molecular flexibility index (Phi) is 4.97. The molecule has 0 fully saturated rings. The molecule has 3 aromatic rings. The molecule has 0 atom stereocenters. The fourth-order valence-corrected chi connectivity index (χ4v) is 4.53. The summed E-state index contributed by atoms with van der Waals surface area (Å²) in [5.74, 6) is 0. The van der Waals surface area contributed by atoms with Crippen LogP contribution in [0.15, 0.2) is 62.7 Å². The van der Waals surface area contributed by atoms with Crippen LogP contribution in [-0.4, -0.2) is 18.6 Å². The van der Waals surface area contributed by atoms with Crippen LogP contribution in [0.4, 0.5) is 5.69 Å². The molecule has 0 amide bonds. The third-order valence-corrected chi connectivity index (χ3v) is 5.99. The molecule has 2 aromatic carbocycles. The van der Waals surface area contributed by atoms with Crippen molar-refractivity contribution in [2.45, 2.75) is 18.7 Å². The smallest absolute Gasteiger partial charge is 0.264 e. The van der Waals surface area contributed by atoms with Crippen molar-refractivity contribution in [3.63, 3.8) is 0 Å². The van der Waals surface area contributed by atoms with Crippen LogP contribution in [0, 0.1) is 13.8 Å². The number of benzene rings is 2. The van der Waals surface area contributed by atoms with Crippen molar-refractivity contribution < 1.29 is 8.42 Å². The van der Waals surface area contributed by atoms with Gasteiger partial charge in [-0.2, -0.15) is 5.10 Å². The van der Waals surface area contributed by atoms with Gasteiger partial charge in [0.25, 0.3) is 15.6 Å². The van der Waals surface area contributed by atoms with Crippen molar-refractivity contribution in [3.8, 4) is 11.3 Å². The number of rotatable bonds is 4. The lowest BCUT2D eigenvalue weighted by Crippen LogP contribution is -2.15. The fraction of sp³-hybridized carbons (Fsp3) is 0.111. The molecule has 0 spiro atoms. The van der Waals surface area contributed by atoms with E-state index in [4.69, 9.17) is 0 Å². The molecule has 0 bridgehead atoms. The Balaban J connectivity index is 2.02. The Bertz CT molecular complexity index is 1120. The van der Waals surface area contributed by atoms with Gasteiger partial charge >= 0.3 is 0 Å². The molecule has 0 aliphatic carbocycles. The van der Waals surface area contributed by atoms with Crippen LogP contribution in [0.1, 0.15) is 11.1 Å². The number of hydrogen-bond acceptors (Lipinski definition) is 4. The maximum absolute atomic E-state index is 12.9. The molecule has 6 nitrogen and oxygen atoms in total. The third-order valence-electron chi connectivity index (χ3n) is 3.82. The number of H-pyrrole nitrogens is 1. The van der Waals surface area contributed by atoms with Gasteiger partial charge in [-0.3, -0.25) is 9.52 Å².